The Labute approximate surface area is 178 Å². The minimum Gasteiger partial charge on any atom is -0.338 e. The number of hydrogen-bond acceptors (Lipinski definition) is 4. The lowest BCUT2D eigenvalue weighted by Gasteiger charge is -2.18. The van der Waals surface area contributed by atoms with E-state index in [4.69, 9.17) is 4.52 Å². The van der Waals surface area contributed by atoms with Gasteiger partial charge in [0, 0.05) is 31.0 Å². The molecule has 1 aromatic heterocycles. The predicted molar refractivity (Wildman–Crippen MR) is 117 cm³/mol. The predicted octanol–water partition coefficient (Wildman–Crippen LogP) is 5.11. The van der Waals surface area contributed by atoms with E-state index in [1.807, 2.05) is 17.0 Å². The van der Waals surface area contributed by atoms with Gasteiger partial charge in [0.25, 0.3) is 5.89 Å². The van der Waals surface area contributed by atoms with Gasteiger partial charge in [-0.05, 0) is 40.7 Å². The highest BCUT2D eigenvalue weighted by Crippen LogP contribution is 2.30. The number of aryl methyl sites for hydroxylation is 1. The summed E-state index contributed by atoms with van der Waals surface area (Å²) in [4.78, 5) is 19.0. The molecule has 30 heavy (non-hydrogen) atoms. The van der Waals surface area contributed by atoms with Crippen molar-refractivity contribution in [1.82, 2.24) is 15.0 Å². The van der Waals surface area contributed by atoms with Gasteiger partial charge in [0.1, 0.15) is 0 Å². The summed E-state index contributed by atoms with van der Waals surface area (Å²) in [7, 11) is 0. The molecule has 1 fully saturated rings. The molecule has 4 rings (SSSR count). The molecule has 2 aromatic carbocycles. The molecule has 1 aliphatic rings. The average Bonchev–Trinajstić information content (AvgIpc) is 3.35. The third kappa shape index (κ3) is 4.30. The van der Waals surface area contributed by atoms with Gasteiger partial charge in [0.2, 0.25) is 5.91 Å². The fraction of sp³-hybridized carbons (Fsp3) is 0.400. The minimum absolute atomic E-state index is 0.0289. The van der Waals surface area contributed by atoms with Crippen molar-refractivity contribution in [1.29, 1.82) is 0 Å². The summed E-state index contributed by atoms with van der Waals surface area (Å²) in [5.74, 6) is 1.23. The number of aromatic nitrogens is 2. The van der Waals surface area contributed by atoms with E-state index in [0.717, 1.165) is 17.5 Å². The second-order valence-electron chi connectivity index (χ2n) is 9.13. The number of carbonyl (C=O) groups is 1. The van der Waals surface area contributed by atoms with Crippen molar-refractivity contribution in [3.8, 4) is 11.5 Å². The molecule has 0 bridgehead atoms. The molecule has 1 saturated heterocycles. The van der Waals surface area contributed by atoms with Crippen LogP contribution in [0.4, 0.5) is 0 Å². The molecule has 0 radical (unpaired) electrons. The number of carbonyl (C=O) groups excluding carboxylic acids is 1. The Kier molecular flexibility index (Phi) is 5.46. The lowest BCUT2D eigenvalue weighted by Crippen LogP contribution is -2.24. The van der Waals surface area contributed by atoms with Crippen LogP contribution >= 0.6 is 0 Å². The fourth-order valence-electron chi connectivity index (χ4n) is 3.83. The van der Waals surface area contributed by atoms with E-state index in [-0.39, 0.29) is 17.2 Å². The molecule has 1 amide bonds. The minimum atomic E-state index is -0.0289. The maximum atomic E-state index is 12.5. The van der Waals surface area contributed by atoms with Crippen molar-refractivity contribution in [2.75, 3.05) is 6.54 Å². The van der Waals surface area contributed by atoms with Crippen molar-refractivity contribution in [3.05, 3.63) is 71.0 Å². The van der Waals surface area contributed by atoms with Crippen LogP contribution in [-0.4, -0.2) is 27.5 Å². The standard InChI is InChI=1S/C25H29N3O2/c1-5-17-6-8-18(9-7-17)15-28-16-20(14-22(28)29)23-26-24(30-27-23)19-10-12-21(13-11-19)25(2,3)4/h6-13,20H,5,14-16H2,1-4H3. The number of amides is 1. The lowest BCUT2D eigenvalue weighted by atomic mass is 9.87. The zero-order valence-electron chi connectivity index (χ0n) is 18.2. The van der Waals surface area contributed by atoms with Crippen LogP contribution in [0.25, 0.3) is 11.5 Å². The third-order valence-electron chi connectivity index (χ3n) is 5.82. The molecule has 0 N–H and O–H groups in total. The van der Waals surface area contributed by atoms with Crippen LogP contribution in [0.15, 0.2) is 53.1 Å². The summed E-state index contributed by atoms with van der Waals surface area (Å²) in [6.45, 7) is 9.95. The van der Waals surface area contributed by atoms with Gasteiger partial charge in [-0.2, -0.15) is 4.98 Å². The van der Waals surface area contributed by atoms with Gasteiger partial charge in [0.15, 0.2) is 5.82 Å². The summed E-state index contributed by atoms with van der Waals surface area (Å²) in [5, 5.41) is 4.18. The SMILES string of the molecule is CCc1ccc(CN2CC(c3noc(-c4ccc(C(C)(C)C)cc4)n3)CC2=O)cc1. The Bertz CT molecular complexity index is 1010. The molecule has 0 spiro atoms. The topological polar surface area (TPSA) is 59.2 Å². The van der Waals surface area contributed by atoms with Crippen molar-refractivity contribution >= 4 is 5.91 Å². The van der Waals surface area contributed by atoms with Gasteiger partial charge in [-0.15, -0.1) is 0 Å². The van der Waals surface area contributed by atoms with Crippen molar-refractivity contribution in [2.45, 2.75) is 58.4 Å². The molecular formula is C25H29N3O2. The van der Waals surface area contributed by atoms with Crippen LogP contribution in [-0.2, 0) is 23.2 Å². The average molecular weight is 404 g/mol. The Hall–Kier alpha value is -2.95. The Morgan fingerprint density at radius 2 is 1.70 bits per heavy atom. The van der Waals surface area contributed by atoms with Crippen molar-refractivity contribution in [3.63, 3.8) is 0 Å². The van der Waals surface area contributed by atoms with Gasteiger partial charge in [-0.1, -0.05) is 69.2 Å². The molecule has 3 aromatic rings. The van der Waals surface area contributed by atoms with Gasteiger partial charge in [-0.3, -0.25) is 4.79 Å². The van der Waals surface area contributed by atoms with Crippen LogP contribution in [0, 0.1) is 0 Å². The van der Waals surface area contributed by atoms with E-state index in [1.54, 1.807) is 0 Å². The van der Waals surface area contributed by atoms with Crippen molar-refractivity contribution in [2.24, 2.45) is 0 Å². The summed E-state index contributed by atoms with van der Waals surface area (Å²) >= 11 is 0. The first-order chi connectivity index (χ1) is 14.3. The Balaban J connectivity index is 1.44. The maximum absolute atomic E-state index is 12.5. The first-order valence-electron chi connectivity index (χ1n) is 10.6. The third-order valence-corrected chi connectivity index (χ3v) is 5.82. The van der Waals surface area contributed by atoms with E-state index in [1.165, 1.54) is 11.1 Å². The first-order valence-corrected chi connectivity index (χ1v) is 10.6. The van der Waals surface area contributed by atoms with E-state index >= 15 is 0 Å². The summed E-state index contributed by atoms with van der Waals surface area (Å²) in [5.41, 5.74) is 4.71. The van der Waals surface area contributed by atoms with Gasteiger partial charge < -0.3 is 9.42 Å². The number of hydrogen-bond donors (Lipinski definition) is 0. The quantitative estimate of drug-likeness (QED) is 0.594. The second kappa shape index (κ2) is 8.05. The lowest BCUT2D eigenvalue weighted by molar-refractivity contribution is -0.128. The van der Waals surface area contributed by atoms with Gasteiger partial charge in [0.05, 0.1) is 0 Å². The van der Waals surface area contributed by atoms with Crippen LogP contribution in [0.5, 0.6) is 0 Å². The number of nitrogens with zero attached hydrogens (tertiary/aromatic N) is 3. The van der Waals surface area contributed by atoms with Gasteiger partial charge >= 0.3 is 0 Å². The molecule has 1 atom stereocenters. The molecule has 0 aliphatic carbocycles. The van der Waals surface area contributed by atoms with Crippen LogP contribution in [0.2, 0.25) is 0 Å². The maximum Gasteiger partial charge on any atom is 0.257 e. The van der Waals surface area contributed by atoms with Crippen LogP contribution in [0.1, 0.15) is 62.5 Å². The highest BCUT2D eigenvalue weighted by atomic mass is 16.5. The highest BCUT2D eigenvalue weighted by molar-refractivity contribution is 5.79. The summed E-state index contributed by atoms with van der Waals surface area (Å²) in [6.07, 6.45) is 1.44. The highest BCUT2D eigenvalue weighted by Gasteiger charge is 2.33. The van der Waals surface area contributed by atoms with E-state index in [9.17, 15) is 4.79 Å². The first kappa shape index (κ1) is 20.3. The number of benzene rings is 2. The molecule has 156 valence electrons. The number of likely N-dealkylation sites (tertiary alicyclic amines) is 1. The molecule has 5 heteroatoms. The molecule has 1 aliphatic heterocycles. The Morgan fingerprint density at radius 3 is 2.33 bits per heavy atom. The Morgan fingerprint density at radius 1 is 1.03 bits per heavy atom. The second-order valence-corrected chi connectivity index (χ2v) is 9.13. The molecule has 0 saturated carbocycles. The van der Waals surface area contributed by atoms with Gasteiger partial charge in [-0.25, -0.2) is 0 Å². The largest absolute Gasteiger partial charge is 0.338 e. The monoisotopic (exact) mass is 403 g/mol. The van der Waals surface area contributed by atoms with E-state index in [0.29, 0.717) is 31.2 Å². The summed E-state index contributed by atoms with van der Waals surface area (Å²) in [6, 6.07) is 16.7. The smallest absolute Gasteiger partial charge is 0.257 e. The van der Waals surface area contributed by atoms with E-state index < -0.39 is 0 Å². The fourth-order valence-corrected chi connectivity index (χ4v) is 3.83. The normalized spacial score (nSPS) is 17.0. The zero-order valence-corrected chi connectivity index (χ0v) is 18.2. The zero-order chi connectivity index (χ0) is 21.3. The number of rotatable bonds is 5. The summed E-state index contributed by atoms with van der Waals surface area (Å²) < 4.78 is 5.51. The van der Waals surface area contributed by atoms with Crippen molar-refractivity contribution < 1.29 is 9.32 Å². The van der Waals surface area contributed by atoms with E-state index in [2.05, 4.69) is 74.2 Å². The molecular weight excluding hydrogens is 374 g/mol. The van der Waals surface area contributed by atoms with Crippen LogP contribution in [0.3, 0.4) is 0 Å². The molecule has 5 nitrogen and oxygen atoms in total. The van der Waals surface area contributed by atoms with Crippen LogP contribution < -0.4 is 0 Å². The molecule has 2 heterocycles. The molecule has 1 unspecified atom stereocenters.